The third-order valence-electron chi connectivity index (χ3n) is 5.52. The van der Waals surface area contributed by atoms with Gasteiger partial charge in [0.1, 0.15) is 11.3 Å². The zero-order valence-corrected chi connectivity index (χ0v) is 15.5. The molecule has 1 aromatic carbocycles. The summed E-state index contributed by atoms with van der Waals surface area (Å²) >= 11 is 0. The molecule has 1 spiro atoms. The van der Waals surface area contributed by atoms with Gasteiger partial charge < -0.3 is 14.5 Å². The van der Waals surface area contributed by atoms with E-state index in [2.05, 4.69) is 6.92 Å². The molecule has 2 aliphatic rings. The predicted octanol–water partition coefficient (Wildman–Crippen LogP) is 3.01. The van der Waals surface area contributed by atoms with Crippen LogP contribution in [-0.2, 0) is 4.79 Å². The molecular weight excluding hydrogens is 316 g/mol. The van der Waals surface area contributed by atoms with Crippen molar-refractivity contribution in [1.82, 2.24) is 9.80 Å². The third-order valence-corrected chi connectivity index (χ3v) is 5.52. The first kappa shape index (κ1) is 17.8. The second-order valence-corrected chi connectivity index (χ2v) is 7.19. The van der Waals surface area contributed by atoms with E-state index < -0.39 is 5.54 Å². The van der Waals surface area contributed by atoms with Crippen LogP contribution in [0.25, 0.3) is 0 Å². The van der Waals surface area contributed by atoms with Gasteiger partial charge in [0.2, 0.25) is 5.91 Å². The van der Waals surface area contributed by atoms with Crippen molar-refractivity contribution in [1.29, 1.82) is 0 Å². The van der Waals surface area contributed by atoms with Crippen molar-refractivity contribution in [2.45, 2.75) is 51.5 Å². The van der Waals surface area contributed by atoms with E-state index in [4.69, 9.17) is 4.74 Å². The highest BCUT2D eigenvalue weighted by molar-refractivity contribution is 6.01. The standard InChI is InChI=1S/C20H28N2O3/c1-4-11-21-12-5-9-20(19(21)24)10-6-13-22(20)18(23)16-8-7-15(2)14-17(16)25-3/h7-8,14H,4-6,9-13H2,1-3H3. The minimum atomic E-state index is -0.652. The normalized spacial score (nSPS) is 23.4. The molecule has 0 N–H and O–H groups in total. The first-order chi connectivity index (χ1) is 12.0. The molecule has 0 aromatic heterocycles. The summed E-state index contributed by atoms with van der Waals surface area (Å²) in [4.78, 5) is 30.3. The number of piperidine rings is 1. The fraction of sp³-hybridized carbons (Fsp3) is 0.600. The first-order valence-electron chi connectivity index (χ1n) is 9.29. The average Bonchev–Trinajstić information content (AvgIpc) is 3.03. The van der Waals surface area contributed by atoms with Gasteiger partial charge in [0.05, 0.1) is 12.7 Å². The molecule has 25 heavy (non-hydrogen) atoms. The van der Waals surface area contributed by atoms with Crippen LogP contribution in [-0.4, -0.2) is 53.9 Å². The average molecular weight is 344 g/mol. The highest BCUT2D eigenvalue weighted by atomic mass is 16.5. The summed E-state index contributed by atoms with van der Waals surface area (Å²) in [7, 11) is 1.58. The van der Waals surface area contributed by atoms with E-state index in [9.17, 15) is 9.59 Å². The lowest BCUT2D eigenvalue weighted by Gasteiger charge is -2.44. The van der Waals surface area contributed by atoms with E-state index in [0.717, 1.165) is 50.8 Å². The monoisotopic (exact) mass is 344 g/mol. The molecule has 0 saturated carbocycles. The predicted molar refractivity (Wildman–Crippen MR) is 96.8 cm³/mol. The van der Waals surface area contributed by atoms with Crippen molar-refractivity contribution >= 4 is 11.8 Å². The lowest BCUT2D eigenvalue weighted by molar-refractivity contribution is -0.145. The van der Waals surface area contributed by atoms with Gasteiger partial charge in [-0.2, -0.15) is 0 Å². The number of benzene rings is 1. The molecule has 1 atom stereocenters. The summed E-state index contributed by atoms with van der Waals surface area (Å²) in [5.41, 5.74) is 0.947. The zero-order chi connectivity index (χ0) is 18.0. The Hall–Kier alpha value is -2.04. The van der Waals surface area contributed by atoms with E-state index in [-0.39, 0.29) is 11.8 Å². The zero-order valence-electron chi connectivity index (χ0n) is 15.5. The van der Waals surface area contributed by atoms with E-state index in [1.54, 1.807) is 7.11 Å². The molecule has 1 unspecified atom stereocenters. The molecule has 1 aromatic rings. The highest BCUT2D eigenvalue weighted by Crippen LogP contribution is 2.40. The van der Waals surface area contributed by atoms with E-state index in [1.807, 2.05) is 34.9 Å². The maximum Gasteiger partial charge on any atom is 0.258 e. The molecule has 5 nitrogen and oxygen atoms in total. The summed E-state index contributed by atoms with van der Waals surface area (Å²) in [5, 5.41) is 0. The number of methoxy groups -OCH3 is 1. The number of aryl methyl sites for hydroxylation is 1. The van der Waals surface area contributed by atoms with Gasteiger partial charge >= 0.3 is 0 Å². The summed E-state index contributed by atoms with van der Waals surface area (Å²) < 4.78 is 5.43. The molecule has 2 fully saturated rings. The summed E-state index contributed by atoms with van der Waals surface area (Å²) in [6, 6.07) is 5.62. The topological polar surface area (TPSA) is 49.9 Å². The van der Waals surface area contributed by atoms with Gasteiger partial charge in [-0.3, -0.25) is 9.59 Å². The molecule has 2 amide bonds. The van der Waals surface area contributed by atoms with E-state index >= 15 is 0 Å². The Morgan fingerprint density at radius 1 is 1.24 bits per heavy atom. The van der Waals surface area contributed by atoms with Crippen molar-refractivity contribution in [2.24, 2.45) is 0 Å². The molecule has 2 aliphatic heterocycles. The second-order valence-electron chi connectivity index (χ2n) is 7.19. The van der Waals surface area contributed by atoms with Crippen LogP contribution in [0.3, 0.4) is 0 Å². The maximum absolute atomic E-state index is 13.3. The number of likely N-dealkylation sites (tertiary alicyclic amines) is 2. The minimum Gasteiger partial charge on any atom is -0.496 e. The summed E-state index contributed by atoms with van der Waals surface area (Å²) in [6.45, 7) is 6.28. The summed E-state index contributed by atoms with van der Waals surface area (Å²) in [6.07, 6.45) is 4.33. The van der Waals surface area contributed by atoms with Crippen LogP contribution in [0.5, 0.6) is 5.75 Å². The van der Waals surface area contributed by atoms with Crippen LogP contribution < -0.4 is 4.74 Å². The highest BCUT2D eigenvalue weighted by Gasteiger charge is 2.52. The number of rotatable bonds is 4. The van der Waals surface area contributed by atoms with Gasteiger partial charge in [-0.15, -0.1) is 0 Å². The van der Waals surface area contributed by atoms with Crippen LogP contribution >= 0.6 is 0 Å². The minimum absolute atomic E-state index is 0.0824. The molecular formula is C20H28N2O3. The van der Waals surface area contributed by atoms with Crippen LogP contribution in [0.4, 0.5) is 0 Å². The molecule has 136 valence electrons. The Morgan fingerprint density at radius 3 is 2.64 bits per heavy atom. The number of hydrogen-bond donors (Lipinski definition) is 0. The molecule has 3 rings (SSSR count). The van der Waals surface area contributed by atoms with Crippen molar-refractivity contribution in [2.75, 3.05) is 26.7 Å². The van der Waals surface area contributed by atoms with Crippen LogP contribution in [0.15, 0.2) is 18.2 Å². The largest absolute Gasteiger partial charge is 0.496 e. The molecule has 0 bridgehead atoms. The van der Waals surface area contributed by atoms with Gasteiger partial charge in [-0.1, -0.05) is 13.0 Å². The molecule has 0 aliphatic carbocycles. The Morgan fingerprint density at radius 2 is 1.96 bits per heavy atom. The lowest BCUT2D eigenvalue weighted by Crippen LogP contribution is -2.61. The van der Waals surface area contributed by atoms with Gasteiger partial charge in [0.15, 0.2) is 0 Å². The molecule has 2 saturated heterocycles. The quantitative estimate of drug-likeness (QED) is 0.844. The van der Waals surface area contributed by atoms with Crippen molar-refractivity contribution in [3.8, 4) is 5.75 Å². The Bertz CT molecular complexity index is 671. The maximum atomic E-state index is 13.3. The third kappa shape index (κ3) is 3.00. The van der Waals surface area contributed by atoms with Gasteiger partial charge in [0.25, 0.3) is 5.91 Å². The number of hydrogen-bond acceptors (Lipinski definition) is 3. The van der Waals surface area contributed by atoms with Crippen molar-refractivity contribution in [3.63, 3.8) is 0 Å². The number of carbonyl (C=O) groups is 2. The molecule has 0 radical (unpaired) electrons. The Balaban J connectivity index is 1.93. The fourth-order valence-electron chi connectivity index (χ4n) is 4.33. The Labute approximate surface area is 149 Å². The second kappa shape index (κ2) is 7.06. The smallest absolute Gasteiger partial charge is 0.258 e. The SMILES string of the molecule is CCCN1CCCC2(CCCN2C(=O)c2ccc(C)cc2OC)C1=O. The summed E-state index contributed by atoms with van der Waals surface area (Å²) in [5.74, 6) is 0.638. The number of ether oxygens (including phenoxy) is 1. The van der Waals surface area contributed by atoms with Gasteiger partial charge in [-0.25, -0.2) is 0 Å². The number of carbonyl (C=O) groups excluding carboxylic acids is 2. The van der Waals surface area contributed by atoms with Gasteiger partial charge in [-0.05, 0) is 56.7 Å². The van der Waals surface area contributed by atoms with Gasteiger partial charge in [0, 0.05) is 19.6 Å². The Kier molecular flexibility index (Phi) is 5.02. The van der Waals surface area contributed by atoms with Crippen molar-refractivity contribution in [3.05, 3.63) is 29.3 Å². The lowest BCUT2D eigenvalue weighted by atomic mass is 9.85. The number of nitrogens with zero attached hydrogens (tertiary/aromatic N) is 2. The van der Waals surface area contributed by atoms with E-state index in [0.29, 0.717) is 17.9 Å². The van der Waals surface area contributed by atoms with E-state index in [1.165, 1.54) is 0 Å². The number of amides is 2. The van der Waals surface area contributed by atoms with Crippen LogP contribution in [0, 0.1) is 6.92 Å². The van der Waals surface area contributed by atoms with Crippen molar-refractivity contribution < 1.29 is 14.3 Å². The van der Waals surface area contributed by atoms with Crippen LogP contribution in [0.2, 0.25) is 0 Å². The first-order valence-corrected chi connectivity index (χ1v) is 9.29. The molecule has 5 heteroatoms. The molecule has 2 heterocycles. The van der Waals surface area contributed by atoms with Crippen LogP contribution in [0.1, 0.15) is 54.9 Å². The fourth-order valence-corrected chi connectivity index (χ4v) is 4.33.